The van der Waals surface area contributed by atoms with Gasteiger partial charge in [0.1, 0.15) is 0 Å². The lowest BCUT2D eigenvalue weighted by Gasteiger charge is -2.18. The number of ether oxygens (including phenoxy) is 1. The average molecular weight is 214 g/mol. The first-order chi connectivity index (χ1) is 7.18. The normalized spacial score (nSPS) is 23.6. The average Bonchev–Trinajstić information content (AvgIpc) is 2.67. The Balaban J connectivity index is 1.93. The zero-order valence-corrected chi connectivity index (χ0v) is 10.2. The van der Waals surface area contributed by atoms with Crippen LogP contribution < -0.4 is 5.73 Å². The first-order valence-corrected chi connectivity index (χ1v) is 6.24. The van der Waals surface area contributed by atoms with Crippen molar-refractivity contribution in [1.29, 1.82) is 0 Å². The van der Waals surface area contributed by atoms with Crippen molar-refractivity contribution in [2.75, 3.05) is 26.7 Å². The molecule has 0 saturated carbocycles. The highest BCUT2D eigenvalue weighted by Gasteiger charge is 2.14. The van der Waals surface area contributed by atoms with Crippen LogP contribution in [0.2, 0.25) is 0 Å². The molecule has 0 aliphatic carbocycles. The zero-order valence-electron chi connectivity index (χ0n) is 10.2. The number of nitrogens with zero attached hydrogens (tertiary/aromatic N) is 1. The van der Waals surface area contributed by atoms with Crippen LogP contribution >= 0.6 is 0 Å². The van der Waals surface area contributed by atoms with Crippen molar-refractivity contribution in [3.05, 3.63) is 0 Å². The topological polar surface area (TPSA) is 38.5 Å². The summed E-state index contributed by atoms with van der Waals surface area (Å²) in [7, 11) is 2.18. The maximum atomic E-state index is 5.72. The summed E-state index contributed by atoms with van der Waals surface area (Å²) in [5, 5.41) is 0. The molecule has 2 N–H and O–H groups in total. The van der Waals surface area contributed by atoms with Gasteiger partial charge in [0.15, 0.2) is 0 Å². The standard InChI is InChI=1S/C12H26N2O/c1-11(13)7-9-14(2)8-3-5-12-6-4-10-15-12/h11-12H,3-10,13H2,1-2H3. The second-order valence-corrected chi connectivity index (χ2v) is 4.85. The van der Waals surface area contributed by atoms with E-state index in [0.717, 1.165) is 19.6 Å². The lowest BCUT2D eigenvalue weighted by atomic mass is 10.1. The third-order valence-corrected chi connectivity index (χ3v) is 3.06. The molecule has 1 rings (SSSR count). The Kier molecular flexibility index (Phi) is 6.22. The Bertz CT molecular complexity index is 156. The van der Waals surface area contributed by atoms with E-state index in [2.05, 4.69) is 18.9 Å². The van der Waals surface area contributed by atoms with Crippen LogP contribution in [0.25, 0.3) is 0 Å². The fourth-order valence-electron chi connectivity index (χ4n) is 2.00. The van der Waals surface area contributed by atoms with E-state index in [4.69, 9.17) is 10.5 Å². The molecule has 1 aliphatic rings. The molecule has 0 spiro atoms. The Labute approximate surface area is 94.0 Å². The lowest BCUT2D eigenvalue weighted by Crippen LogP contribution is -2.27. The maximum Gasteiger partial charge on any atom is 0.0576 e. The zero-order chi connectivity index (χ0) is 11.1. The number of rotatable bonds is 7. The second-order valence-electron chi connectivity index (χ2n) is 4.85. The van der Waals surface area contributed by atoms with Crippen LogP contribution in [0.5, 0.6) is 0 Å². The van der Waals surface area contributed by atoms with E-state index in [0.29, 0.717) is 12.1 Å². The van der Waals surface area contributed by atoms with Crippen molar-refractivity contribution in [3.8, 4) is 0 Å². The van der Waals surface area contributed by atoms with Gasteiger partial charge in [0, 0.05) is 12.6 Å². The van der Waals surface area contributed by atoms with Gasteiger partial charge in [-0.1, -0.05) is 0 Å². The molecule has 1 fully saturated rings. The van der Waals surface area contributed by atoms with Gasteiger partial charge in [-0.25, -0.2) is 0 Å². The Morgan fingerprint density at radius 1 is 1.47 bits per heavy atom. The largest absolute Gasteiger partial charge is 0.378 e. The van der Waals surface area contributed by atoms with E-state index < -0.39 is 0 Å². The number of hydrogen-bond donors (Lipinski definition) is 1. The molecular weight excluding hydrogens is 188 g/mol. The summed E-state index contributed by atoms with van der Waals surface area (Å²) < 4.78 is 5.59. The van der Waals surface area contributed by atoms with Crippen molar-refractivity contribution >= 4 is 0 Å². The molecule has 15 heavy (non-hydrogen) atoms. The molecule has 2 atom stereocenters. The molecule has 90 valence electrons. The fraction of sp³-hybridized carbons (Fsp3) is 1.00. The summed E-state index contributed by atoms with van der Waals surface area (Å²) in [6.07, 6.45) is 6.64. The van der Waals surface area contributed by atoms with E-state index in [9.17, 15) is 0 Å². The Morgan fingerprint density at radius 3 is 2.87 bits per heavy atom. The fourth-order valence-corrected chi connectivity index (χ4v) is 2.00. The van der Waals surface area contributed by atoms with Crippen LogP contribution in [0, 0.1) is 0 Å². The van der Waals surface area contributed by atoms with Crippen molar-refractivity contribution in [1.82, 2.24) is 4.90 Å². The van der Waals surface area contributed by atoms with Gasteiger partial charge in [-0.3, -0.25) is 0 Å². The third kappa shape index (κ3) is 6.13. The molecule has 0 aromatic carbocycles. The van der Waals surface area contributed by atoms with Gasteiger partial charge < -0.3 is 15.4 Å². The molecule has 3 nitrogen and oxygen atoms in total. The Hall–Kier alpha value is -0.120. The quantitative estimate of drug-likeness (QED) is 0.700. The summed E-state index contributed by atoms with van der Waals surface area (Å²) in [5.41, 5.74) is 5.72. The van der Waals surface area contributed by atoms with Gasteiger partial charge in [0.05, 0.1) is 6.10 Å². The van der Waals surface area contributed by atoms with Crippen LogP contribution in [0.1, 0.15) is 39.0 Å². The third-order valence-electron chi connectivity index (χ3n) is 3.06. The molecule has 0 bridgehead atoms. The van der Waals surface area contributed by atoms with E-state index in [1.54, 1.807) is 0 Å². The smallest absolute Gasteiger partial charge is 0.0576 e. The van der Waals surface area contributed by atoms with E-state index in [1.807, 2.05) is 0 Å². The van der Waals surface area contributed by atoms with Gasteiger partial charge in [0.2, 0.25) is 0 Å². The van der Waals surface area contributed by atoms with E-state index in [1.165, 1.54) is 32.2 Å². The summed E-state index contributed by atoms with van der Waals surface area (Å²) in [6, 6.07) is 0.325. The minimum Gasteiger partial charge on any atom is -0.378 e. The number of hydrogen-bond acceptors (Lipinski definition) is 3. The predicted molar refractivity (Wildman–Crippen MR) is 64.0 cm³/mol. The summed E-state index contributed by atoms with van der Waals surface area (Å²) >= 11 is 0. The first-order valence-electron chi connectivity index (χ1n) is 6.24. The molecular formula is C12H26N2O. The molecule has 3 heteroatoms. The Morgan fingerprint density at radius 2 is 2.27 bits per heavy atom. The van der Waals surface area contributed by atoms with Crippen molar-refractivity contribution < 1.29 is 4.74 Å². The van der Waals surface area contributed by atoms with Crippen LogP contribution in [0.15, 0.2) is 0 Å². The SMILES string of the molecule is CC(N)CCN(C)CCCC1CCCO1. The minimum absolute atomic E-state index is 0.325. The lowest BCUT2D eigenvalue weighted by molar-refractivity contribution is 0.0996. The molecule has 2 unspecified atom stereocenters. The highest BCUT2D eigenvalue weighted by atomic mass is 16.5. The maximum absolute atomic E-state index is 5.72. The highest BCUT2D eigenvalue weighted by molar-refractivity contribution is 4.66. The minimum atomic E-state index is 0.325. The van der Waals surface area contributed by atoms with Crippen molar-refractivity contribution in [2.45, 2.75) is 51.2 Å². The van der Waals surface area contributed by atoms with E-state index in [-0.39, 0.29) is 0 Å². The van der Waals surface area contributed by atoms with Crippen molar-refractivity contribution in [2.24, 2.45) is 5.73 Å². The van der Waals surface area contributed by atoms with Crippen molar-refractivity contribution in [3.63, 3.8) is 0 Å². The summed E-state index contributed by atoms with van der Waals surface area (Å²) in [6.45, 7) is 5.33. The van der Waals surface area contributed by atoms with Gasteiger partial charge in [0.25, 0.3) is 0 Å². The molecule has 1 heterocycles. The summed E-state index contributed by atoms with van der Waals surface area (Å²) in [5.74, 6) is 0. The van der Waals surface area contributed by atoms with Gasteiger partial charge >= 0.3 is 0 Å². The molecule has 0 radical (unpaired) electrons. The van der Waals surface area contributed by atoms with E-state index >= 15 is 0 Å². The number of nitrogens with two attached hydrogens (primary N) is 1. The monoisotopic (exact) mass is 214 g/mol. The molecule has 1 aliphatic heterocycles. The highest BCUT2D eigenvalue weighted by Crippen LogP contribution is 2.16. The van der Waals surface area contributed by atoms with Crippen LogP contribution in [0.4, 0.5) is 0 Å². The molecule has 0 aromatic heterocycles. The molecule has 0 aromatic rings. The molecule has 0 amide bonds. The van der Waals surface area contributed by atoms with Gasteiger partial charge in [-0.15, -0.1) is 0 Å². The first kappa shape index (κ1) is 12.9. The van der Waals surface area contributed by atoms with Crippen LogP contribution in [0.3, 0.4) is 0 Å². The predicted octanol–water partition coefficient (Wildman–Crippen LogP) is 1.61. The second kappa shape index (κ2) is 7.20. The van der Waals surface area contributed by atoms with Crippen LogP contribution in [-0.4, -0.2) is 43.8 Å². The molecule has 1 saturated heterocycles. The van der Waals surface area contributed by atoms with Gasteiger partial charge in [-0.2, -0.15) is 0 Å². The van der Waals surface area contributed by atoms with Gasteiger partial charge in [-0.05, 0) is 59.2 Å². The summed E-state index contributed by atoms with van der Waals surface area (Å²) in [4.78, 5) is 2.37. The van der Waals surface area contributed by atoms with Crippen LogP contribution in [-0.2, 0) is 4.74 Å².